The number of nitrogens with zero attached hydrogens (tertiary/aromatic N) is 3. The topological polar surface area (TPSA) is 93.3 Å². The van der Waals surface area contributed by atoms with Crippen molar-refractivity contribution in [2.24, 2.45) is 0 Å². The highest BCUT2D eigenvalue weighted by molar-refractivity contribution is 5.86. The Morgan fingerprint density at radius 3 is 2.24 bits per heavy atom. The average molecular weight is 568 g/mol. The second kappa shape index (κ2) is 14.7. The highest BCUT2D eigenvalue weighted by atomic mass is 19.4. The van der Waals surface area contributed by atoms with Crippen molar-refractivity contribution in [3.8, 4) is 11.1 Å². The quantitative estimate of drug-likeness (QED) is 0.208. The molecular weight excluding hydrogens is 527 g/mol. The first-order valence-electron chi connectivity index (χ1n) is 13.9. The maximum Gasteiger partial charge on any atom is 0.416 e. The molecule has 10 heteroatoms. The van der Waals surface area contributed by atoms with Crippen molar-refractivity contribution in [2.75, 3.05) is 55.6 Å². The summed E-state index contributed by atoms with van der Waals surface area (Å²) in [7, 11) is 0. The number of hydrogen-bond acceptors (Lipinski definition) is 7. The number of benzene rings is 2. The van der Waals surface area contributed by atoms with Gasteiger partial charge < -0.3 is 26.7 Å². The van der Waals surface area contributed by atoms with Gasteiger partial charge in [0.15, 0.2) is 0 Å². The summed E-state index contributed by atoms with van der Waals surface area (Å²) in [5.41, 5.74) is 9.44. The van der Waals surface area contributed by atoms with E-state index in [-0.39, 0.29) is 12.1 Å². The number of piperazine rings is 1. The van der Waals surface area contributed by atoms with Crippen LogP contribution < -0.4 is 16.4 Å². The molecule has 0 atom stereocenters. The predicted molar refractivity (Wildman–Crippen MR) is 163 cm³/mol. The number of nitrogens with two attached hydrogens (primary N) is 1. The molecule has 1 aromatic heterocycles. The molecule has 2 heterocycles. The van der Waals surface area contributed by atoms with E-state index < -0.39 is 11.7 Å². The van der Waals surface area contributed by atoms with E-state index in [2.05, 4.69) is 38.9 Å². The van der Waals surface area contributed by atoms with Gasteiger partial charge in [-0.1, -0.05) is 45.5 Å². The highest BCUT2D eigenvalue weighted by Crippen LogP contribution is 2.35. The molecule has 1 aliphatic heterocycles. The van der Waals surface area contributed by atoms with E-state index in [9.17, 15) is 13.2 Å². The molecule has 0 radical (unpaired) electrons. The van der Waals surface area contributed by atoms with Gasteiger partial charge in [-0.3, -0.25) is 4.90 Å². The summed E-state index contributed by atoms with van der Waals surface area (Å²) in [4.78, 5) is 8.50. The lowest BCUT2D eigenvalue weighted by atomic mass is 10.0. The van der Waals surface area contributed by atoms with Crippen LogP contribution in [0.5, 0.6) is 0 Å². The summed E-state index contributed by atoms with van der Waals surface area (Å²) in [5, 5.41) is 13.7. The summed E-state index contributed by atoms with van der Waals surface area (Å²) in [6, 6.07) is 13.8. The van der Waals surface area contributed by atoms with E-state index in [0.717, 1.165) is 49.5 Å². The number of anilines is 3. The molecular formula is C31H40F3N7. The maximum absolute atomic E-state index is 13.9. The predicted octanol–water partition coefficient (Wildman–Crippen LogP) is 6.55. The Balaban J connectivity index is 0.00000226. The molecule has 3 aromatic rings. The number of pyridine rings is 1. The number of nitrogens with one attached hydrogen (secondary N) is 3. The maximum atomic E-state index is 13.9. The zero-order chi connectivity index (χ0) is 30.0. The van der Waals surface area contributed by atoms with Gasteiger partial charge in [-0.2, -0.15) is 13.2 Å². The van der Waals surface area contributed by atoms with E-state index in [0.29, 0.717) is 29.3 Å². The molecule has 220 valence electrons. The van der Waals surface area contributed by atoms with Crippen LogP contribution in [0.2, 0.25) is 0 Å². The molecule has 0 spiro atoms. The molecule has 1 saturated heterocycles. The van der Waals surface area contributed by atoms with Crippen LogP contribution >= 0.6 is 0 Å². The number of hydrogen-bond donors (Lipinski definition) is 4. The fourth-order valence-corrected chi connectivity index (χ4v) is 4.56. The molecule has 1 aliphatic rings. The first kappa shape index (κ1) is 31.6. The summed E-state index contributed by atoms with van der Waals surface area (Å²) in [6.07, 6.45) is -1.62. The lowest BCUT2D eigenvalue weighted by molar-refractivity contribution is -0.138. The van der Waals surface area contributed by atoms with Gasteiger partial charge in [-0.15, -0.1) is 0 Å². The highest BCUT2D eigenvalue weighted by Gasteiger charge is 2.34. The first-order chi connectivity index (χ1) is 19.7. The van der Waals surface area contributed by atoms with Gasteiger partial charge in [0, 0.05) is 73.3 Å². The number of nitrogen functional groups attached to an aromatic ring is 1. The van der Waals surface area contributed by atoms with Crippen molar-refractivity contribution in [3.05, 3.63) is 83.7 Å². The van der Waals surface area contributed by atoms with E-state index >= 15 is 0 Å². The second-order valence-electron chi connectivity index (χ2n) is 9.58. The number of halogens is 3. The second-order valence-corrected chi connectivity index (χ2v) is 9.58. The fourth-order valence-electron chi connectivity index (χ4n) is 4.56. The van der Waals surface area contributed by atoms with Crippen LogP contribution in [0.15, 0.2) is 67.0 Å². The first-order valence-corrected chi connectivity index (χ1v) is 13.9. The van der Waals surface area contributed by atoms with E-state index in [1.807, 2.05) is 38.1 Å². The van der Waals surface area contributed by atoms with Crippen LogP contribution in [0.25, 0.3) is 11.1 Å². The Morgan fingerprint density at radius 1 is 1.00 bits per heavy atom. The van der Waals surface area contributed by atoms with Crippen molar-refractivity contribution in [2.45, 2.75) is 33.5 Å². The van der Waals surface area contributed by atoms with Crippen LogP contribution in [0.3, 0.4) is 0 Å². The van der Waals surface area contributed by atoms with Crippen molar-refractivity contribution in [3.63, 3.8) is 0 Å². The Morgan fingerprint density at radius 2 is 1.63 bits per heavy atom. The normalized spacial score (nSPS) is 14.1. The number of alkyl halides is 3. The van der Waals surface area contributed by atoms with Gasteiger partial charge in [0.1, 0.15) is 5.82 Å². The van der Waals surface area contributed by atoms with Gasteiger partial charge in [0.05, 0.1) is 12.1 Å². The molecule has 0 aliphatic carbocycles. The van der Waals surface area contributed by atoms with Gasteiger partial charge in [-0.05, 0) is 48.0 Å². The number of aromatic nitrogens is 1. The smallest absolute Gasteiger partial charge is 0.383 e. The van der Waals surface area contributed by atoms with E-state index in [1.54, 1.807) is 24.4 Å². The minimum atomic E-state index is -4.45. The SMILES string of the molecule is C=C(CNc1ccc(-c2cnc(N)c(C=N)c2)cc1)Nc1ccc(CN2CCN(CC)CC2)c(C(F)(F)F)c1.CC. The molecule has 0 unspecified atom stereocenters. The Kier molecular flexibility index (Phi) is 11.3. The fraction of sp³-hybridized carbons (Fsp3) is 0.355. The zero-order valence-electron chi connectivity index (χ0n) is 24.0. The van der Waals surface area contributed by atoms with Crippen molar-refractivity contribution >= 4 is 23.4 Å². The number of rotatable bonds is 10. The van der Waals surface area contributed by atoms with Crippen LogP contribution in [0.1, 0.15) is 37.5 Å². The van der Waals surface area contributed by atoms with Crippen LogP contribution in [0.4, 0.5) is 30.4 Å². The van der Waals surface area contributed by atoms with E-state index in [4.69, 9.17) is 11.1 Å². The monoisotopic (exact) mass is 567 g/mol. The zero-order valence-corrected chi connectivity index (χ0v) is 24.0. The van der Waals surface area contributed by atoms with Crippen molar-refractivity contribution < 1.29 is 13.2 Å². The lowest BCUT2D eigenvalue weighted by Gasteiger charge is -2.34. The Hall–Kier alpha value is -3.89. The van der Waals surface area contributed by atoms with Gasteiger partial charge in [0.25, 0.3) is 0 Å². The van der Waals surface area contributed by atoms with Gasteiger partial charge in [0.2, 0.25) is 0 Å². The minimum absolute atomic E-state index is 0.278. The molecule has 4 rings (SSSR count). The molecule has 0 amide bonds. The third kappa shape index (κ3) is 8.80. The standard InChI is InChI=1S/C29H34F3N7.C2H6/c1-3-38-10-12-39(13-11-38)19-22-6-9-26(15-27(22)29(30,31)32)37-20(2)17-35-25-7-4-21(5-8-25)24-14-23(16-33)28(34)36-18-24;1-2/h4-9,14-16,18,33,35,37H,2-3,10-13,17,19H2,1H3,(H2,34,36);1-2H3. The third-order valence-corrected chi connectivity index (χ3v) is 6.87. The Labute approximate surface area is 240 Å². The van der Waals surface area contributed by atoms with Crippen molar-refractivity contribution in [1.82, 2.24) is 14.8 Å². The summed E-state index contributed by atoms with van der Waals surface area (Å²) in [6.45, 7) is 14.9. The molecule has 2 aromatic carbocycles. The van der Waals surface area contributed by atoms with E-state index in [1.165, 1.54) is 12.3 Å². The van der Waals surface area contributed by atoms with Gasteiger partial charge in [-0.25, -0.2) is 4.98 Å². The number of likely N-dealkylation sites (N-methyl/N-ethyl adjacent to an activating group) is 1. The summed E-state index contributed by atoms with van der Waals surface area (Å²) < 4.78 is 41.7. The molecule has 7 nitrogen and oxygen atoms in total. The van der Waals surface area contributed by atoms with Crippen LogP contribution in [0, 0.1) is 5.41 Å². The molecule has 0 saturated carbocycles. The van der Waals surface area contributed by atoms with Crippen molar-refractivity contribution in [1.29, 1.82) is 5.41 Å². The lowest BCUT2D eigenvalue weighted by Crippen LogP contribution is -2.45. The van der Waals surface area contributed by atoms with Gasteiger partial charge >= 0.3 is 6.18 Å². The molecule has 5 N–H and O–H groups in total. The van der Waals surface area contributed by atoms with Crippen LogP contribution in [-0.2, 0) is 12.7 Å². The summed E-state index contributed by atoms with van der Waals surface area (Å²) >= 11 is 0. The molecule has 0 bridgehead atoms. The third-order valence-electron chi connectivity index (χ3n) is 6.87. The average Bonchev–Trinajstić information content (AvgIpc) is 2.98. The minimum Gasteiger partial charge on any atom is -0.383 e. The Bertz CT molecular complexity index is 1300. The molecule has 1 fully saturated rings. The summed E-state index contributed by atoms with van der Waals surface area (Å²) in [5.74, 6) is 0.306. The van der Waals surface area contributed by atoms with Crippen LogP contribution in [-0.4, -0.2) is 60.3 Å². The largest absolute Gasteiger partial charge is 0.416 e. The molecule has 41 heavy (non-hydrogen) atoms.